The van der Waals surface area contributed by atoms with Gasteiger partial charge in [-0.15, -0.1) is 0 Å². The van der Waals surface area contributed by atoms with Gasteiger partial charge in [0, 0.05) is 13.1 Å². The molecular weight excluding hydrogens is 230 g/mol. The maximum absolute atomic E-state index is 11.8. The molecule has 4 heteroatoms. The summed E-state index contributed by atoms with van der Waals surface area (Å²) in [6.45, 7) is 12.5. The van der Waals surface area contributed by atoms with Crippen molar-refractivity contribution in [2.45, 2.75) is 52.2 Å². The van der Waals surface area contributed by atoms with E-state index in [1.54, 1.807) is 4.90 Å². The molecule has 1 aliphatic rings. The predicted octanol–water partition coefficient (Wildman–Crippen LogP) is 2.57. The lowest BCUT2D eigenvalue weighted by molar-refractivity contribution is 0.0115. The molecule has 0 aromatic rings. The molecule has 18 heavy (non-hydrogen) atoms. The summed E-state index contributed by atoms with van der Waals surface area (Å²) < 4.78 is 5.33. The van der Waals surface area contributed by atoms with Crippen molar-refractivity contribution in [3.63, 3.8) is 0 Å². The van der Waals surface area contributed by atoms with Crippen LogP contribution in [0.1, 0.15) is 40.5 Å². The number of hydrogen-bond acceptors (Lipinski definition) is 3. The van der Waals surface area contributed by atoms with Crippen LogP contribution >= 0.6 is 0 Å². The quantitative estimate of drug-likeness (QED) is 0.771. The summed E-state index contributed by atoms with van der Waals surface area (Å²) in [6, 6.07) is 0. The van der Waals surface area contributed by atoms with Crippen molar-refractivity contribution in [3.05, 3.63) is 12.2 Å². The maximum atomic E-state index is 11.8. The summed E-state index contributed by atoms with van der Waals surface area (Å²) >= 11 is 0. The number of rotatable bonds is 2. The SMILES string of the molecule is C=C(C)C(O)C1CCN(C(=O)OC(C)(C)C)CC1. The van der Waals surface area contributed by atoms with Crippen LogP contribution in [0.4, 0.5) is 4.79 Å². The average molecular weight is 255 g/mol. The summed E-state index contributed by atoms with van der Waals surface area (Å²) in [5.74, 6) is 0.209. The lowest BCUT2D eigenvalue weighted by Gasteiger charge is -2.35. The molecule has 0 aromatic heterocycles. The van der Waals surface area contributed by atoms with Gasteiger partial charge in [-0.1, -0.05) is 12.2 Å². The standard InChI is InChI=1S/C14H25NO3/c1-10(2)12(16)11-6-8-15(9-7-11)13(17)18-14(3,4)5/h11-12,16H,1,6-9H2,2-5H3. The summed E-state index contributed by atoms with van der Waals surface area (Å²) in [5, 5.41) is 9.93. The molecule has 1 saturated heterocycles. The minimum Gasteiger partial charge on any atom is -0.444 e. The third kappa shape index (κ3) is 4.33. The number of piperidine rings is 1. The van der Waals surface area contributed by atoms with Gasteiger partial charge in [-0.3, -0.25) is 0 Å². The first-order chi connectivity index (χ1) is 8.20. The van der Waals surface area contributed by atoms with Crippen molar-refractivity contribution in [3.8, 4) is 0 Å². The Morgan fingerprint density at radius 1 is 1.39 bits per heavy atom. The highest BCUT2D eigenvalue weighted by Gasteiger charge is 2.29. The minimum absolute atomic E-state index is 0.209. The van der Waals surface area contributed by atoms with E-state index in [2.05, 4.69) is 6.58 Å². The first-order valence-electron chi connectivity index (χ1n) is 6.52. The van der Waals surface area contributed by atoms with Gasteiger partial charge < -0.3 is 14.7 Å². The molecule has 0 radical (unpaired) electrons. The topological polar surface area (TPSA) is 49.8 Å². The highest BCUT2D eigenvalue weighted by atomic mass is 16.6. The fraction of sp³-hybridized carbons (Fsp3) is 0.786. The largest absolute Gasteiger partial charge is 0.444 e. The molecule has 1 atom stereocenters. The zero-order valence-electron chi connectivity index (χ0n) is 11.9. The second-order valence-corrected chi connectivity index (χ2v) is 6.10. The number of carbonyl (C=O) groups excluding carboxylic acids is 1. The molecule has 0 spiro atoms. The van der Waals surface area contributed by atoms with Gasteiger partial charge in [0.25, 0.3) is 0 Å². The van der Waals surface area contributed by atoms with E-state index >= 15 is 0 Å². The highest BCUT2D eigenvalue weighted by molar-refractivity contribution is 5.68. The molecular formula is C14H25NO3. The van der Waals surface area contributed by atoms with Crippen LogP contribution in [-0.4, -0.2) is 40.9 Å². The van der Waals surface area contributed by atoms with E-state index in [1.807, 2.05) is 27.7 Å². The van der Waals surface area contributed by atoms with E-state index in [9.17, 15) is 9.90 Å². The van der Waals surface area contributed by atoms with Crippen molar-refractivity contribution < 1.29 is 14.6 Å². The van der Waals surface area contributed by atoms with Crippen molar-refractivity contribution >= 4 is 6.09 Å². The lowest BCUT2D eigenvalue weighted by atomic mass is 9.88. The Kier molecular flexibility index (Phi) is 4.79. The molecule has 104 valence electrons. The summed E-state index contributed by atoms with van der Waals surface area (Å²) in [4.78, 5) is 13.6. The normalized spacial score (nSPS) is 19.5. The Morgan fingerprint density at radius 3 is 2.28 bits per heavy atom. The first-order valence-corrected chi connectivity index (χ1v) is 6.52. The second kappa shape index (κ2) is 5.74. The third-order valence-electron chi connectivity index (χ3n) is 3.14. The fourth-order valence-corrected chi connectivity index (χ4v) is 2.13. The van der Waals surface area contributed by atoms with Crippen molar-refractivity contribution in [2.24, 2.45) is 5.92 Å². The average Bonchev–Trinajstić information content (AvgIpc) is 2.26. The van der Waals surface area contributed by atoms with Crippen LogP contribution in [0.15, 0.2) is 12.2 Å². The number of aliphatic hydroxyl groups is 1. The predicted molar refractivity (Wildman–Crippen MR) is 71.4 cm³/mol. The fourth-order valence-electron chi connectivity index (χ4n) is 2.13. The summed E-state index contributed by atoms with van der Waals surface area (Å²) in [6.07, 6.45) is 0.886. The molecule has 4 nitrogen and oxygen atoms in total. The van der Waals surface area contributed by atoms with Gasteiger partial charge in [-0.2, -0.15) is 0 Å². The number of amides is 1. The van der Waals surface area contributed by atoms with E-state index in [0.29, 0.717) is 13.1 Å². The second-order valence-electron chi connectivity index (χ2n) is 6.10. The first kappa shape index (κ1) is 15.0. The molecule has 1 N–H and O–H groups in total. The van der Waals surface area contributed by atoms with Crippen LogP contribution in [0.25, 0.3) is 0 Å². The maximum Gasteiger partial charge on any atom is 0.410 e. The number of hydrogen-bond donors (Lipinski definition) is 1. The molecule has 0 saturated carbocycles. The minimum atomic E-state index is -0.453. The highest BCUT2D eigenvalue weighted by Crippen LogP contribution is 2.25. The molecule has 1 unspecified atom stereocenters. The zero-order chi connectivity index (χ0) is 13.9. The van der Waals surface area contributed by atoms with E-state index in [0.717, 1.165) is 18.4 Å². The monoisotopic (exact) mass is 255 g/mol. The van der Waals surface area contributed by atoms with Crippen LogP contribution in [0, 0.1) is 5.92 Å². The summed E-state index contributed by atoms with van der Waals surface area (Å²) in [5.41, 5.74) is 0.344. The molecule has 1 amide bonds. The van der Waals surface area contributed by atoms with E-state index in [4.69, 9.17) is 4.74 Å². The Morgan fingerprint density at radius 2 is 1.89 bits per heavy atom. The molecule has 0 aliphatic carbocycles. The van der Waals surface area contributed by atoms with Gasteiger partial charge >= 0.3 is 6.09 Å². The van der Waals surface area contributed by atoms with Crippen LogP contribution in [0.3, 0.4) is 0 Å². The van der Waals surface area contributed by atoms with Gasteiger partial charge in [0.1, 0.15) is 5.60 Å². The summed E-state index contributed by atoms with van der Waals surface area (Å²) in [7, 11) is 0. The van der Waals surface area contributed by atoms with E-state index < -0.39 is 11.7 Å². The Bertz CT molecular complexity index is 311. The van der Waals surface area contributed by atoms with Gasteiger partial charge in [0.2, 0.25) is 0 Å². The van der Waals surface area contributed by atoms with Gasteiger partial charge in [-0.25, -0.2) is 4.79 Å². The number of nitrogens with zero attached hydrogens (tertiary/aromatic N) is 1. The lowest BCUT2D eigenvalue weighted by Crippen LogP contribution is -2.43. The molecule has 0 aromatic carbocycles. The molecule has 0 bridgehead atoms. The van der Waals surface area contributed by atoms with Gasteiger partial charge in [0.15, 0.2) is 0 Å². The van der Waals surface area contributed by atoms with E-state index in [1.165, 1.54) is 0 Å². The van der Waals surface area contributed by atoms with Crippen LogP contribution in [0.5, 0.6) is 0 Å². The van der Waals surface area contributed by atoms with Gasteiger partial charge in [0.05, 0.1) is 6.10 Å². The van der Waals surface area contributed by atoms with Crippen molar-refractivity contribution in [2.75, 3.05) is 13.1 Å². The molecule has 1 aliphatic heterocycles. The number of ether oxygens (including phenoxy) is 1. The van der Waals surface area contributed by atoms with Crippen LogP contribution < -0.4 is 0 Å². The molecule has 1 heterocycles. The molecule has 1 rings (SSSR count). The zero-order valence-corrected chi connectivity index (χ0v) is 11.9. The van der Waals surface area contributed by atoms with Gasteiger partial charge in [-0.05, 0) is 46.5 Å². The van der Waals surface area contributed by atoms with Crippen molar-refractivity contribution in [1.82, 2.24) is 4.90 Å². The number of likely N-dealkylation sites (tertiary alicyclic amines) is 1. The van der Waals surface area contributed by atoms with Crippen molar-refractivity contribution in [1.29, 1.82) is 0 Å². The molecule has 1 fully saturated rings. The van der Waals surface area contributed by atoms with Crippen LogP contribution in [0.2, 0.25) is 0 Å². The smallest absolute Gasteiger partial charge is 0.410 e. The Hall–Kier alpha value is -1.03. The number of carbonyl (C=O) groups is 1. The Balaban J connectivity index is 2.44. The van der Waals surface area contributed by atoms with E-state index in [-0.39, 0.29) is 12.0 Å². The number of aliphatic hydroxyl groups excluding tert-OH is 1. The Labute approximate surface area is 110 Å². The third-order valence-corrected chi connectivity index (χ3v) is 3.14. The van der Waals surface area contributed by atoms with Crippen LogP contribution in [-0.2, 0) is 4.74 Å².